The average molecular weight is 285 g/mol. The lowest BCUT2D eigenvalue weighted by molar-refractivity contribution is 0.318. The molecule has 0 atom stereocenters. The fourth-order valence-electron chi connectivity index (χ4n) is 2.01. The molecule has 5 nitrogen and oxygen atoms in total. The Morgan fingerprint density at radius 3 is 2.52 bits per heavy atom. The van der Waals surface area contributed by atoms with E-state index < -0.39 is 0 Å². The van der Waals surface area contributed by atoms with Gasteiger partial charge in [-0.15, -0.1) is 0 Å². The van der Waals surface area contributed by atoms with E-state index in [0.717, 1.165) is 22.6 Å². The zero-order valence-electron chi connectivity index (χ0n) is 12.1. The summed E-state index contributed by atoms with van der Waals surface area (Å²) in [5.74, 6) is 0.960. The molecule has 0 heterocycles. The molecule has 2 rings (SSSR count). The summed E-state index contributed by atoms with van der Waals surface area (Å²) in [6.45, 7) is 2.73. The number of benzene rings is 2. The largest absolute Gasteiger partial charge is 0.497 e. The molecule has 0 radical (unpaired) electrons. The summed E-state index contributed by atoms with van der Waals surface area (Å²) in [5.41, 5.74) is 9.53. The van der Waals surface area contributed by atoms with Gasteiger partial charge in [0.2, 0.25) is 0 Å². The maximum atomic E-state index is 8.62. The van der Waals surface area contributed by atoms with Crippen LogP contribution in [0.4, 0.5) is 5.69 Å². The van der Waals surface area contributed by atoms with E-state index in [1.165, 1.54) is 0 Å². The van der Waals surface area contributed by atoms with E-state index in [-0.39, 0.29) is 5.84 Å². The van der Waals surface area contributed by atoms with Crippen molar-refractivity contribution in [1.82, 2.24) is 0 Å². The highest BCUT2D eigenvalue weighted by Crippen LogP contribution is 2.21. The van der Waals surface area contributed by atoms with Crippen LogP contribution in [0.15, 0.2) is 47.6 Å². The summed E-state index contributed by atoms with van der Waals surface area (Å²) >= 11 is 0. The van der Waals surface area contributed by atoms with Crippen LogP contribution in [-0.4, -0.2) is 18.2 Å². The molecular formula is C16H19N3O2. The summed E-state index contributed by atoms with van der Waals surface area (Å²) in [5, 5.41) is 15.0. The number of nitrogens with two attached hydrogens (primary N) is 1. The van der Waals surface area contributed by atoms with Crippen molar-refractivity contribution >= 4 is 11.5 Å². The fraction of sp³-hybridized carbons (Fsp3) is 0.188. The topological polar surface area (TPSA) is 79.9 Å². The lowest BCUT2D eigenvalue weighted by Crippen LogP contribution is -2.13. The minimum absolute atomic E-state index is 0.112. The number of aryl methyl sites for hydroxylation is 1. The van der Waals surface area contributed by atoms with Gasteiger partial charge in [-0.1, -0.05) is 29.4 Å². The zero-order valence-corrected chi connectivity index (χ0v) is 12.1. The number of nitrogens with zero attached hydrogens (tertiary/aromatic N) is 1. The Morgan fingerprint density at radius 1 is 1.24 bits per heavy atom. The molecule has 0 aliphatic rings. The molecule has 21 heavy (non-hydrogen) atoms. The number of ether oxygens (including phenoxy) is 1. The van der Waals surface area contributed by atoms with E-state index in [9.17, 15) is 0 Å². The summed E-state index contributed by atoms with van der Waals surface area (Å²) in [7, 11) is 1.66. The second kappa shape index (κ2) is 6.65. The second-order valence-corrected chi connectivity index (χ2v) is 4.72. The van der Waals surface area contributed by atoms with E-state index >= 15 is 0 Å². The summed E-state index contributed by atoms with van der Waals surface area (Å²) in [4.78, 5) is 0. The van der Waals surface area contributed by atoms with E-state index in [1.54, 1.807) is 7.11 Å². The molecule has 0 saturated carbocycles. The van der Waals surface area contributed by atoms with E-state index in [0.29, 0.717) is 12.1 Å². The highest BCUT2D eigenvalue weighted by molar-refractivity contribution is 5.96. The van der Waals surface area contributed by atoms with E-state index in [2.05, 4.69) is 10.5 Å². The third-order valence-electron chi connectivity index (χ3n) is 3.27. The summed E-state index contributed by atoms with van der Waals surface area (Å²) in [6.07, 6.45) is 0. The second-order valence-electron chi connectivity index (χ2n) is 4.72. The summed E-state index contributed by atoms with van der Waals surface area (Å²) < 4.78 is 5.19. The maximum Gasteiger partial charge on any atom is 0.170 e. The number of nitrogens with one attached hydrogen (secondary N) is 1. The molecule has 5 heteroatoms. The molecule has 0 aliphatic heterocycles. The first-order valence-electron chi connectivity index (χ1n) is 6.59. The first kappa shape index (κ1) is 14.7. The highest BCUT2D eigenvalue weighted by atomic mass is 16.5. The van der Waals surface area contributed by atoms with Gasteiger partial charge < -0.3 is 21.0 Å². The van der Waals surface area contributed by atoms with Gasteiger partial charge in [0, 0.05) is 17.8 Å². The van der Waals surface area contributed by atoms with Crippen LogP contribution in [-0.2, 0) is 6.54 Å². The van der Waals surface area contributed by atoms with Crippen LogP contribution in [0.25, 0.3) is 0 Å². The van der Waals surface area contributed by atoms with Gasteiger partial charge in [0.05, 0.1) is 7.11 Å². The number of hydrogen-bond acceptors (Lipinski definition) is 4. The van der Waals surface area contributed by atoms with Crippen LogP contribution >= 0.6 is 0 Å². The Bertz CT molecular complexity index is 636. The molecular weight excluding hydrogens is 266 g/mol. The van der Waals surface area contributed by atoms with Gasteiger partial charge in [-0.3, -0.25) is 0 Å². The molecule has 0 aromatic heterocycles. The number of amidine groups is 1. The summed E-state index contributed by atoms with van der Waals surface area (Å²) in [6, 6.07) is 13.5. The van der Waals surface area contributed by atoms with Gasteiger partial charge in [-0.25, -0.2) is 0 Å². The Labute approximate surface area is 124 Å². The molecule has 0 saturated heterocycles. The third kappa shape index (κ3) is 3.66. The van der Waals surface area contributed by atoms with Crippen molar-refractivity contribution in [3.8, 4) is 5.75 Å². The Morgan fingerprint density at radius 2 is 1.95 bits per heavy atom. The molecule has 0 aliphatic carbocycles. The highest BCUT2D eigenvalue weighted by Gasteiger charge is 2.02. The van der Waals surface area contributed by atoms with Crippen molar-refractivity contribution in [2.45, 2.75) is 13.5 Å². The third-order valence-corrected chi connectivity index (χ3v) is 3.27. The number of rotatable bonds is 5. The first-order valence-corrected chi connectivity index (χ1v) is 6.59. The Hall–Kier alpha value is -2.69. The van der Waals surface area contributed by atoms with Crippen LogP contribution in [0.3, 0.4) is 0 Å². The molecule has 0 unspecified atom stereocenters. The average Bonchev–Trinajstić information content (AvgIpc) is 2.53. The van der Waals surface area contributed by atoms with Crippen molar-refractivity contribution in [3.05, 3.63) is 59.2 Å². The molecule has 4 N–H and O–H groups in total. The predicted molar refractivity (Wildman–Crippen MR) is 84.0 cm³/mol. The molecule has 2 aromatic rings. The molecule has 0 bridgehead atoms. The fourth-order valence-corrected chi connectivity index (χ4v) is 2.01. The van der Waals surface area contributed by atoms with Crippen LogP contribution < -0.4 is 15.8 Å². The van der Waals surface area contributed by atoms with Crippen molar-refractivity contribution in [1.29, 1.82) is 0 Å². The smallest absolute Gasteiger partial charge is 0.170 e. The van der Waals surface area contributed by atoms with E-state index in [4.69, 9.17) is 15.7 Å². The van der Waals surface area contributed by atoms with Gasteiger partial charge in [-0.2, -0.15) is 0 Å². The lowest BCUT2D eigenvalue weighted by Gasteiger charge is -2.11. The minimum Gasteiger partial charge on any atom is -0.497 e. The van der Waals surface area contributed by atoms with Crippen LogP contribution in [0.5, 0.6) is 5.75 Å². The Kier molecular flexibility index (Phi) is 4.66. The predicted octanol–water partition coefficient (Wildman–Crippen LogP) is 2.71. The van der Waals surface area contributed by atoms with Crippen molar-refractivity contribution in [3.63, 3.8) is 0 Å². The van der Waals surface area contributed by atoms with Crippen LogP contribution in [0, 0.1) is 6.92 Å². The molecule has 0 amide bonds. The van der Waals surface area contributed by atoms with Gasteiger partial charge >= 0.3 is 0 Å². The number of anilines is 1. The van der Waals surface area contributed by atoms with Crippen LogP contribution in [0.2, 0.25) is 0 Å². The molecule has 2 aromatic carbocycles. The number of oxime groups is 1. The molecule has 0 fully saturated rings. The van der Waals surface area contributed by atoms with Gasteiger partial charge in [-0.05, 0) is 36.2 Å². The number of methoxy groups -OCH3 is 1. The zero-order chi connectivity index (χ0) is 15.2. The molecule has 0 spiro atoms. The van der Waals surface area contributed by atoms with Crippen molar-refractivity contribution in [2.75, 3.05) is 12.4 Å². The molecule has 110 valence electrons. The Balaban J connectivity index is 2.03. The van der Waals surface area contributed by atoms with Gasteiger partial charge in [0.15, 0.2) is 5.84 Å². The normalized spacial score (nSPS) is 11.2. The quantitative estimate of drug-likeness (QED) is 0.341. The van der Waals surface area contributed by atoms with Crippen molar-refractivity contribution < 1.29 is 9.94 Å². The van der Waals surface area contributed by atoms with Crippen LogP contribution in [0.1, 0.15) is 16.7 Å². The van der Waals surface area contributed by atoms with E-state index in [1.807, 2.05) is 49.4 Å². The first-order chi connectivity index (χ1) is 10.1. The lowest BCUT2D eigenvalue weighted by atomic mass is 10.1. The van der Waals surface area contributed by atoms with Gasteiger partial charge in [0.25, 0.3) is 0 Å². The maximum absolute atomic E-state index is 8.62. The minimum atomic E-state index is 0.112. The standard InChI is InChI=1S/C16H19N3O2/c1-11-9-14(21-2)7-8-15(11)18-10-12-3-5-13(6-4-12)16(17)19-20/h3-9,18,20H,10H2,1-2H3,(H2,17,19). The monoisotopic (exact) mass is 285 g/mol. The van der Waals surface area contributed by atoms with Gasteiger partial charge in [0.1, 0.15) is 5.75 Å². The van der Waals surface area contributed by atoms with Crippen molar-refractivity contribution in [2.24, 2.45) is 10.9 Å². The SMILES string of the molecule is COc1ccc(NCc2ccc(C(N)=NO)cc2)c(C)c1. The number of hydrogen-bond donors (Lipinski definition) is 3.